The van der Waals surface area contributed by atoms with Gasteiger partial charge in [0.05, 0.1) is 5.69 Å². The van der Waals surface area contributed by atoms with E-state index < -0.39 is 10.2 Å². The number of anilines is 1. The van der Waals surface area contributed by atoms with E-state index in [4.69, 9.17) is 5.73 Å². The molecule has 20 heavy (non-hydrogen) atoms. The normalized spacial score (nSPS) is 12.2. The Labute approximate surface area is 122 Å². The molecule has 0 aliphatic carbocycles. The van der Waals surface area contributed by atoms with Crippen LogP contribution in [-0.4, -0.2) is 31.9 Å². The first-order valence-corrected chi connectivity index (χ1v) is 8.36. The lowest BCUT2D eigenvalue weighted by Gasteiger charge is -2.33. The molecule has 0 aliphatic heterocycles. The van der Waals surface area contributed by atoms with Crippen molar-refractivity contribution in [2.24, 2.45) is 5.73 Å². The van der Waals surface area contributed by atoms with Gasteiger partial charge in [-0.15, -0.1) is 0 Å². The lowest BCUT2D eigenvalue weighted by atomic mass is 10.2. The van der Waals surface area contributed by atoms with Gasteiger partial charge in [0.1, 0.15) is 0 Å². The summed E-state index contributed by atoms with van der Waals surface area (Å²) in [5, 5.41) is 0. The van der Waals surface area contributed by atoms with Gasteiger partial charge in [-0.2, -0.15) is 12.7 Å². The molecule has 0 saturated heterocycles. The van der Waals surface area contributed by atoms with E-state index in [1.54, 1.807) is 0 Å². The minimum absolute atomic E-state index is 0.149. The highest BCUT2D eigenvalue weighted by molar-refractivity contribution is 7.90. The van der Waals surface area contributed by atoms with Crippen LogP contribution >= 0.6 is 0 Å². The van der Waals surface area contributed by atoms with Crippen LogP contribution in [0.1, 0.15) is 33.3 Å². The summed E-state index contributed by atoms with van der Waals surface area (Å²) in [6.07, 6.45) is 0. The molecule has 6 heteroatoms. The molecule has 114 valence electrons. The molecular weight excluding hydrogens is 274 g/mol. The van der Waals surface area contributed by atoms with E-state index in [1.165, 1.54) is 8.61 Å². The number of rotatable bonds is 7. The van der Waals surface area contributed by atoms with Crippen LogP contribution in [0.15, 0.2) is 24.3 Å². The third kappa shape index (κ3) is 3.50. The van der Waals surface area contributed by atoms with Gasteiger partial charge >= 0.3 is 10.2 Å². The van der Waals surface area contributed by atoms with Gasteiger partial charge in [0, 0.05) is 25.7 Å². The van der Waals surface area contributed by atoms with Crippen LogP contribution in [0.2, 0.25) is 0 Å². The van der Waals surface area contributed by atoms with Crippen molar-refractivity contribution < 1.29 is 8.42 Å². The SMILES string of the molecule is CCN(CC)S(=O)(=O)N(c1ccc(CN)cc1)C(C)C. The maximum atomic E-state index is 12.7. The molecule has 0 aliphatic rings. The smallest absolute Gasteiger partial charge is 0.304 e. The fraction of sp³-hybridized carbons (Fsp3) is 0.571. The summed E-state index contributed by atoms with van der Waals surface area (Å²) in [4.78, 5) is 0. The number of nitrogens with two attached hydrogens (primary N) is 1. The van der Waals surface area contributed by atoms with Gasteiger partial charge < -0.3 is 5.73 Å². The van der Waals surface area contributed by atoms with Gasteiger partial charge in [0.15, 0.2) is 0 Å². The highest BCUT2D eigenvalue weighted by Crippen LogP contribution is 2.23. The van der Waals surface area contributed by atoms with Crippen molar-refractivity contribution in [1.82, 2.24) is 4.31 Å². The second-order valence-electron chi connectivity index (χ2n) is 4.85. The van der Waals surface area contributed by atoms with E-state index in [1.807, 2.05) is 52.0 Å². The Morgan fingerprint density at radius 1 is 1.10 bits per heavy atom. The average molecular weight is 299 g/mol. The van der Waals surface area contributed by atoms with Crippen molar-refractivity contribution >= 4 is 15.9 Å². The van der Waals surface area contributed by atoms with Gasteiger partial charge in [-0.05, 0) is 31.5 Å². The maximum Gasteiger partial charge on any atom is 0.304 e. The Hall–Kier alpha value is -1.11. The zero-order chi connectivity index (χ0) is 15.3. The molecule has 0 saturated carbocycles. The van der Waals surface area contributed by atoms with Crippen molar-refractivity contribution in [2.45, 2.75) is 40.3 Å². The van der Waals surface area contributed by atoms with Gasteiger partial charge in [-0.25, -0.2) is 0 Å². The van der Waals surface area contributed by atoms with E-state index in [9.17, 15) is 8.42 Å². The Morgan fingerprint density at radius 2 is 1.60 bits per heavy atom. The molecule has 0 radical (unpaired) electrons. The fourth-order valence-electron chi connectivity index (χ4n) is 2.15. The zero-order valence-corrected chi connectivity index (χ0v) is 13.5. The lowest BCUT2D eigenvalue weighted by Crippen LogP contribution is -2.47. The topological polar surface area (TPSA) is 66.6 Å². The largest absolute Gasteiger partial charge is 0.326 e. The molecular formula is C14H25N3O2S. The molecule has 1 aromatic carbocycles. The van der Waals surface area contributed by atoms with Crippen LogP contribution in [0.3, 0.4) is 0 Å². The standard InChI is InChI=1S/C14H25N3O2S/c1-5-16(6-2)20(18,19)17(12(3)4)14-9-7-13(11-15)8-10-14/h7-10,12H,5-6,11,15H2,1-4H3. The van der Waals surface area contributed by atoms with Crippen LogP contribution in [-0.2, 0) is 16.8 Å². The number of hydrogen-bond acceptors (Lipinski definition) is 3. The van der Waals surface area contributed by atoms with Crippen LogP contribution in [0.5, 0.6) is 0 Å². The first-order valence-electron chi connectivity index (χ1n) is 6.96. The average Bonchev–Trinajstić information content (AvgIpc) is 2.40. The molecule has 0 spiro atoms. The van der Waals surface area contributed by atoms with Crippen molar-refractivity contribution in [1.29, 1.82) is 0 Å². The molecule has 0 atom stereocenters. The Balaban J connectivity index is 3.23. The number of benzene rings is 1. The minimum atomic E-state index is -3.50. The summed E-state index contributed by atoms with van der Waals surface area (Å²) in [6.45, 7) is 8.81. The Bertz CT molecular complexity index is 508. The van der Waals surface area contributed by atoms with E-state index in [-0.39, 0.29) is 6.04 Å². The van der Waals surface area contributed by atoms with Gasteiger partial charge in [0.25, 0.3) is 0 Å². The maximum absolute atomic E-state index is 12.7. The molecule has 5 nitrogen and oxygen atoms in total. The van der Waals surface area contributed by atoms with Gasteiger partial charge in [-0.3, -0.25) is 4.31 Å². The Kier molecular flexibility index (Phi) is 5.98. The predicted molar refractivity (Wildman–Crippen MR) is 83.8 cm³/mol. The summed E-state index contributed by atoms with van der Waals surface area (Å²) in [7, 11) is -3.50. The van der Waals surface area contributed by atoms with Crippen LogP contribution in [0.4, 0.5) is 5.69 Å². The number of hydrogen-bond donors (Lipinski definition) is 1. The molecule has 0 fully saturated rings. The monoisotopic (exact) mass is 299 g/mol. The summed E-state index contributed by atoms with van der Waals surface area (Å²) >= 11 is 0. The molecule has 0 heterocycles. The van der Waals surface area contributed by atoms with Crippen LogP contribution in [0, 0.1) is 0 Å². The summed E-state index contributed by atoms with van der Waals surface area (Å²) < 4.78 is 28.4. The summed E-state index contributed by atoms with van der Waals surface area (Å²) in [6, 6.07) is 7.20. The summed E-state index contributed by atoms with van der Waals surface area (Å²) in [5.41, 5.74) is 7.23. The predicted octanol–water partition coefficient (Wildman–Crippen LogP) is 1.95. The van der Waals surface area contributed by atoms with Crippen LogP contribution < -0.4 is 10.0 Å². The van der Waals surface area contributed by atoms with Crippen molar-refractivity contribution in [3.63, 3.8) is 0 Å². The summed E-state index contributed by atoms with van der Waals surface area (Å²) in [5.74, 6) is 0. The zero-order valence-electron chi connectivity index (χ0n) is 12.7. The Morgan fingerprint density at radius 3 is 1.95 bits per heavy atom. The molecule has 0 unspecified atom stereocenters. The lowest BCUT2D eigenvalue weighted by molar-refractivity contribution is 0.439. The first kappa shape index (κ1) is 16.9. The molecule has 1 aromatic rings. The molecule has 0 bridgehead atoms. The van der Waals surface area contributed by atoms with E-state index in [0.717, 1.165) is 5.56 Å². The van der Waals surface area contributed by atoms with Crippen LogP contribution in [0.25, 0.3) is 0 Å². The van der Waals surface area contributed by atoms with Crippen molar-refractivity contribution in [3.05, 3.63) is 29.8 Å². The highest BCUT2D eigenvalue weighted by Gasteiger charge is 2.29. The molecule has 0 amide bonds. The van der Waals surface area contributed by atoms with Gasteiger partial charge in [-0.1, -0.05) is 26.0 Å². The van der Waals surface area contributed by atoms with E-state index >= 15 is 0 Å². The van der Waals surface area contributed by atoms with E-state index in [0.29, 0.717) is 25.3 Å². The third-order valence-corrected chi connectivity index (χ3v) is 5.47. The van der Waals surface area contributed by atoms with Gasteiger partial charge in [0.2, 0.25) is 0 Å². The molecule has 1 rings (SSSR count). The second-order valence-corrected chi connectivity index (χ2v) is 6.66. The quantitative estimate of drug-likeness (QED) is 0.837. The third-order valence-electron chi connectivity index (χ3n) is 3.18. The molecule has 0 aromatic heterocycles. The second kappa shape index (κ2) is 7.06. The first-order chi connectivity index (χ1) is 9.38. The molecule has 2 N–H and O–H groups in total. The highest BCUT2D eigenvalue weighted by atomic mass is 32.2. The fourth-order valence-corrected chi connectivity index (χ4v) is 3.97. The van der Waals surface area contributed by atoms with E-state index in [2.05, 4.69) is 0 Å². The van der Waals surface area contributed by atoms with Crippen molar-refractivity contribution in [3.8, 4) is 0 Å². The van der Waals surface area contributed by atoms with Crippen molar-refractivity contribution in [2.75, 3.05) is 17.4 Å². The minimum Gasteiger partial charge on any atom is -0.326 e. The number of nitrogens with zero attached hydrogens (tertiary/aromatic N) is 2.